The number of allylic oxidation sites excluding steroid dienone is 9. The molecular formula is C20H22. The fraction of sp³-hybridized carbons (Fsp3) is 0.200. The molecule has 1 aliphatic carbocycles. The Bertz CT molecular complexity index is 634. The molecule has 1 aromatic carbocycles. The van der Waals surface area contributed by atoms with E-state index in [1.54, 1.807) is 0 Å². The monoisotopic (exact) mass is 262 g/mol. The molecule has 0 fully saturated rings. The van der Waals surface area contributed by atoms with Crippen molar-refractivity contribution in [3.8, 4) is 0 Å². The third-order valence-corrected chi connectivity index (χ3v) is 3.65. The van der Waals surface area contributed by atoms with Crippen molar-refractivity contribution in [3.05, 3.63) is 89.1 Å². The van der Waals surface area contributed by atoms with Gasteiger partial charge in [0.25, 0.3) is 0 Å². The standard InChI is InChI=1S/C20H22/c1-5-17-10-8-7-9-11-19(18(17)6-2)20-14-15(3)12-13-16(20)4/h5-6,8-14H,2,7H2,1,3-4H3/b10-8-,11-9+,17-5+,19-18+. The minimum absolute atomic E-state index is 0.968. The summed E-state index contributed by atoms with van der Waals surface area (Å²) in [4.78, 5) is 0. The van der Waals surface area contributed by atoms with Crippen molar-refractivity contribution in [1.29, 1.82) is 0 Å². The lowest BCUT2D eigenvalue weighted by Gasteiger charge is -2.15. The average Bonchev–Trinajstić information content (AvgIpc) is 2.42. The first-order valence-electron chi connectivity index (χ1n) is 7.11. The van der Waals surface area contributed by atoms with Crippen molar-refractivity contribution < 1.29 is 0 Å². The van der Waals surface area contributed by atoms with E-state index in [1.165, 1.54) is 33.4 Å². The highest BCUT2D eigenvalue weighted by Gasteiger charge is 2.10. The van der Waals surface area contributed by atoms with Crippen LogP contribution in [0.25, 0.3) is 5.57 Å². The third kappa shape index (κ3) is 2.91. The Morgan fingerprint density at radius 3 is 2.55 bits per heavy atom. The van der Waals surface area contributed by atoms with Gasteiger partial charge in [0.15, 0.2) is 0 Å². The quantitative estimate of drug-likeness (QED) is 0.640. The van der Waals surface area contributed by atoms with Crippen LogP contribution in [0.3, 0.4) is 0 Å². The van der Waals surface area contributed by atoms with Crippen molar-refractivity contribution in [2.24, 2.45) is 0 Å². The van der Waals surface area contributed by atoms with Gasteiger partial charge in [-0.3, -0.25) is 0 Å². The molecule has 0 saturated carbocycles. The minimum Gasteiger partial charge on any atom is -0.0984 e. The SMILES string of the molecule is C=C/C1=C(c2cc(C)ccc2C)/C=C/C/C=C\C1=C/C. The maximum atomic E-state index is 4.02. The van der Waals surface area contributed by atoms with Crippen LogP contribution in [0.2, 0.25) is 0 Å². The number of hydrogen-bond acceptors (Lipinski definition) is 0. The number of benzene rings is 1. The van der Waals surface area contributed by atoms with Gasteiger partial charge in [-0.15, -0.1) is 0 Å². The van der Waals surface area contributed by atoms with E-state index in [2.05, 4.69) is 75.9 Å². The maximum absolute atomic E-state index is 4.02. The molecule has 102 valence electrons. The Kier molecular flexibility index (Phi) is 4.57. The Balaban J connectivity index is 2.74. The Hall–Kier alpha value is -2.08. The van der Waals surface area contributed by atoms with Crippen LogP contribution in [0.15, 0.2) is 72.4 Å². The van der Waals surface area contributed by atoms with Gasteiger partial charge in [-0.1, -0.05) is 66.8 Å². The zero-order valence-corrected chi connectivity index (χ0v) is 12.6. The summed E-state index contributed by atoms with van der Waals surface area (Å²) in [7, 11) is 0. The first-order chi connectivity index (χ1) is 9.67. The molecule has 0 spiro atoms. The number of rotatable bonds is 2. The Morgan fingerprint density at radius 1 is 1.10 bits per heavy atom. The van der Waals surface area contributed by atoms with E-state index in [0.717, 1.165) is 6.42 Å². The predicted octanol–water partition coefficient (Wildman–Crippen LogP) is 5.71. The summed E-state index contributed by atoms with van der Waals surface area (Å²) in [5, 5.41) is 0. The lowest BCUT2D eigenvalue weighted by molar-refractivity contribution is 1.32. The van der Waals surface area contributed by atoms with E-state index in [9.17, 15) is 0 Å². The Labute approximate surface area is 122 Å². The minimum atomic E-state index is 0.968. The number of hydrogen-bond donors (Lipinski definition) is 0. The second-order valence-electron chi connectivity index (χ2n) is 5.13. The topological polar surface area (TPSA) is 0 Å². The van der Waals surface area contributed by atoms with Gasteiger partial charge in [0, 0.05) is 0 Å². The zero-order chi connectivity index (χ0) is 14.5. The van der Waals surface area contributed by atoms with Crippen LogP contribution in [0, 0.1) is 13.8 Å². The highest BCUT2D eigenvalue weighted by Crippen LogP contribution is 2.30. The molecule has 0 nitrogen and oxygen atoms in total. The molecule has 0 heterocycles. The van der Waals surface area contributed by atoms with Gasteiger partial charge in [0.2, 0.25) is 0 Å². The van der Waals surface area contributed by atoms with Gasteiger partial charge in [0.05, 0.1) is 0 Å². The zero-order valence-electron chi connectivity index (χ0n) is 12.6. The maximum Gasteiger partial charge on any atom is -0.0106 e. The van der Waals surface area contributed by atoms with Crippen LogP contribution in [-0.4, -0.2) is 0 Å². The summed E-state index contributed by atoms with van der Waals surface area (Å²) in [5.74, 6) is 0. The van der Waals surface area contributed by atoms with Crippen molar-refractivity contribution in [2.45, 2.75) is 27.2 Å². The van der Waals surface area contributed by atoms with E-state index in [-0.39, 0.29) is 0 Å². The van der Waals surface area contributed by atoms with Crippen LogP contribution in [-0.2, 0) is 0 Å². The predicted molar refractivity (Wildman–Crippen MR) is 89.7 cm³/mol. The first kappa shape index (κ1) is 14.3. The summed E-state index contributed by atoms with van der Waals surface area (Å²) in [5.41, 5.74) is 7.59. The second kappa shape index (κ2) is 6.38. The highest BCUT2D eigenvalue weighted by molar-refractivity contribution is 5.84. The van der Waals surface area contributed by atoms with Crippen LogP contribution < -0.4 is 0 Å². The summed E-state index contributed by atoms with van der Waals surface area (Å²) in [6.45, 7) is 10.4. The summed E-state index contributed by atoms with van der Waals surface area (Å²) in [6, 6.07) is 6.61. The molecule has 0 amide bonds. The molecule has 2 rings (SSSR count). The molecule has 0 bridgehead atoms. The van der Waals surface area contributed by atoms with Crippen LogP contribution >= 0.6 is 0 Å². The van der Waals surface area contributed by atoms with E-state index in [4.69, 9.17) is 0 Å². The van der Waals surface area contributed by atoms with Gasteiger partial charge in [-0.25, -0.2) is 0 Å². The third-order valence-electron chi connectivity index (χ3n) is 3.65. The highest BCUT2D eigenvalue weighted by atomic mass is 14.1. The van der Waals surface area contributed by atoms with Crippen LogP contribution in [0.4, 0.5) is 0 Å². The average molecular weight is 262 g/mol. The van der Waals surface area contributed by atoms with Crippen molar-refractivity contribution >= 4 is 5.57 Å². The summed E-state index contributed by atoms with van der Waals surface area (Å²) in [6.07, 6.45) is 13.9. The smallest absolute Gasteiger partial charge is 0.0106 e. The van der Waals surface area contributed by atoms with Crippen LogP contribution in [0.5, 0.6) is 0 Å². The summed E-state index contributed by atoms with van der Waals surface area (Å²) < 4.78 is 0. The van der Waals surface area contributed by atoms with E-state index < -0.39 is 0 Å². The fourth-order valence-corrected chi connectivity index (χ4v) is 2.53. The molecule has 1 aliphatic rings. The lowest BCUT2D eigenvalue weighted by Crippen LogP contribution is -1.95. The van der Waals surface area contributed by atoms with E-state index in [1.807, 2.05) is 6.08 Å². The molecule has 1 aromatic rings. The van der Waals surface area contributed by atoms with E-state index >= 15 is 0 Å². The molecule has 0 atom stereocenters. The van der Waals surface area contributed by atoms with Crippen molar-refractivity contribution in [2.75, 3.05) is 0 Å². The van der Waals surface area contributed by atoms with Gasteiger partial charge >= 0.3 is 0 Å². The van der Waals surface area contributed by atoms with Gasteiger partial charge in [-0.05, 0) is 55.0 Å². The normalized spacial score (nSPS) is 24.1. The lowest BCUT2D eigenvalue weighted by atomic mass is 9.89. The molecule has 20 heavy (non-hydrogen) atoms. The molecule has 0 N–H and O–H groups in total. The number of aryl methyl sites for hydroxylation is 2. The summed E-state index contributed by atoms with van der Waals surface area (Å²) >= 11 is 0. The van der Waals surface area contributed by atoms with Crippen molar-refractivity contribution in [3.63, 3.8) is 0 Å². The van der Waals surface area contributed by atoms with Crippen LogP contribution in [0.1, 0.15) is 30.0 Å². The van der Waals surface area contributed by atoms with Gasteiger partial charge in [-0.2, -0.15) is 0 Å². The second-order valence-corrected chi connectivity index (χ2v) is 5.13. The molecule has 0 unspecified atom stereocenters. The Morgan fingerprint density at radius 2 is 1.85 bits per heavy atom. The van der Waals surface area contributed by atoms with E-state index in [0.29, 0.717) is 0 Å². The molecule has 0 saturated heterocycles. The fourth-order valence-electron chi connectivity index (χ4n) is 2.53. The van der Waals surface area contributed by atoms with Gasteiger partial charge in [0.1, 0.15) is 0 Å². The van der Waals surface area contributed by atoms with Crippen molar-refractivity contribution in [1.82, 2.24) is 0 Å². The molecule has 0 aromatic heterocycles. The first-order valence-corrected chi connectivity index (χ1v) is 7.11. The molecular weight excluding hydrogens is 240 g/mol. The van der Waals surface area contributed by atoms with Gasteiger partial charge < -0.3 is 0 Å². The molecule has 0 radical (unpaired) electrons. The largest absolute Gasteiger partial charge is 0.0984 e. The molecule has 0 heteroatoms. The molecule has 0 aliphatic heterocycles.